The first-order valence-corrected chi connectivity index (χ1v) is 10.9. The Labute approximate surface area is 171 Å². The summed E-state index contributed by atoms with van der Waals surface area (Å²) in [5.74, 6) is 0.103. The third-order valence-corrected chi connectivity index (χ3v) is 6.52. The minimum absolute atomic E-state index is 0.00383. The van der Waals surface area contributed by atoms with Gasteiger partial charge in [-0.1, -0.05) is 12.1 Å². The Kier molecular flexibility index (Phi) is 5.04. The summed E-state index contributed by atoms with van der Waals surface area (Å²) in [7, 11) is -3.92. The number of benzene rings is 2. The van der Waals surface area contributed by atoms with Crippen molar-refractivity contribution < 1.29 is 13.2 Å². The van der Waals surface area contributed by atoms with Gasteiger partial charge in [-0.2, -0.15) is 0 Å². The van der Waals surface area contributed by atoms with Gasteiger partial charge in [0.15, 0.2) is 0 Å². The average molecular weight is 428 g/mol. The van der Waals surface area contributed by atoms with Crippen LogP contribution in [0.5, 0.6) is 0 Å². The number of fused-ring (bicyclic) bond motifs is 1. The monoisotopic (exact) mass is 428 g/mol. The van der Waals surface area contributed by atoms with Gasteiger partial charge in [0.25, 0.3) is 5.56 Å². The molecule has 3 aromatic rings. The molecule has 1 fully saturated rings. The Morgan fingerprint density at radius 2 is 1.77 bits per heavy atom. The third kappa shape index (κ3) is 4.19. The van der Waals surface area contributed by atoms with Crippen molar-refractivity contribution in [2.75, 3.05) is 5.32 Å². The Morgan fingerprint density at radius 1 is 1.07 bits per heavy atom. The molecule has 0 radical (unpaired) electrons. The van der Waals surface area contributed by atoms with Gasteiger partial charge in [0.2, 0.25) is 15.9 Å². The Balaban J connectivity index is 1.52. The van der Waals surface area contributed by atoms with E-state index in [1.54, 1.807) is 31.2 Å². The number of hydrogen-bond acceptors (Lipinski definition) is 5. The number of H-pyrrole nitrogens is 2. The zero-order valence-electron chi connectivity index (χ0n) is 16.1. The van der Waals surface area contributed by atoms with Gasteiger partial charge in [0.1, 0.15) is 0 Å². The highest BCUT2D eigenvalue weighted by atomic mass is 32.2. The van der Waals surface area contributed by atoms with Gasteiger partial charge in [0, 0.05) is 17.6 Å². The number of hydrogen-bond donors (Lipinski definition) is 4. The highest BCUT2D eigenvalue weighted by Crippen LogP contribution is 2.30. The first kappa shape index (κ1) is 20.0. The number of nitrogens with one attached hydrogen (secondary N) is 4. The smallest absolute Gasteiger partial charge is 0.326 e. The van der Waals surface area contributed by atoms with Crippen LogP contribution < -0.4 is 21.3 Å². The number of carbonyl (C=O) groups excluding carboxylic acids is 1. The SMILES string of the molecule is CC(NS(=O)(=O)c1ccc2[nH]c(=O)[nH]c(=O)c2c1)c1ccc(NC(=O)C2CC2)cc1. The van der Waals surface area contributed by atoms with Crippen LogP contribution in [0.2, 0.25) is 0 Å². The van der Waals surface area contributed by atoms with Gasteiger partial charge in [-0.25, -0.2) is 17.9 Å². The molecule has 10 heteroatoms. The van der Waals surface area contributed by atoms with Gasteiger partial charge in [-0.05, 0) is 55.7 Å². The predicted octanol–water partition coefficient (Wildman–Crippen LogP) is 1.60. The van der Waals surface area contributed by atoms with E-state index in [1.165, 1.54) is 18.2 Å². The van der Waals surface area contributed by atoms with E-state index < -0.39 is 27.3 Å². The lowest BCUT2D eigenvalue weighted by Gasteiger charge is -2.15. The molecule has 1 aliphatic carbocycles. The maximum Gasteiger partial charge on any atom is 0.326 e. The lowest BCUT2D eigenvalue weighted by Crippen LogP contribution is -2.27. The molecular weight excluding hydrogens is 408 g/mol. The molecular formula is C20H20N4O5S. The van der Waals surface area contributed by atoms with Gasteiger partial charge in [0.05, 0.1) is 15.8 Å². The molecule has 156 valence electrons. The topological polar surface area (TPSA) is 141 Å². The van der Waals surface area contributed by atoms with Crippen LogP contribution in [0.15, 0.2) is 56.9 Å². The second-order valence-corrected chi connectivity index (χ2v) is 9.06. The van der Waals surface area contributed by atoms with Crippen LogP contribution >= 0.6 is 0 Å². The number of carbonyl (C=O) groups is 1. The molecule has 30 heavy (non-hydrogen) atoms. The molecule has 0 spiro atoms. The molecule has 4 rings (SSSR count). The van der Waals surface area contributed by atoms with Gasteiger partial charge in [-0.15, -0.1) is 0 Å². The largest absolute Gasteiger partial charge is 0.326 e. The summed E-state index contributed by atoms with van der Waals surface area (Å²) in [5.41, 5.74) is 0.299. The Bertz CT molecular complexity index is 1340. The van der Waals surface area contributed by atoms with E-state index in [0.717, 1.165) is 12.8 Å². The normalized spacial score (nSPS) is 15.1. The molecule has 4 N–H and O–H groups in total. The lowest BCUT2D eigenvalue weighted by atomic mass is 10.1. The summed E-state index contributed by atoms with van der Waals surface area (Å²) in [4.78, 5) is 39.6. The van der Waals surface area contributed by atoms with Crippen LogP contribution in [0, 0.1) is 5.92 Å². The van der Waals surface area contributed by atoms with E-state index in [2.05, 4.69) is 20.0 Å². The summed E-state index contributed by atoms with van der Waals surface area (Å²) in [6, 6.07) is 10.3. The van der Waals surface area contributed by atoms with E-state index in [0.29, 0.717) is 11.3 Å². The van der Waals surface area contributed by atoms with Crippen molar-refractivity contribution in [3.8, 4) is 0 Å². The van der Waals surface area contributed by atoms with Crippen molar-refractivity contribution in [2.24, 2.45) is 5.92 Å². The summed E-state index contributed by atoms with van der Waals surface area (Å²) in [6.45, 7) is 1.70. The molecule has 1 aliphatic rings. The molecule has 0 saturated heterocycles. The fourth-order valence-electron chi connectivity index (χ4n) is 3.13. The maximum absolute atomic E-state index is 12.8. The van der Waals surface area contributed by atoms with Crippen LogP contribution in [0.1, 0.15) is 31.4 Å². The second kappa shape index (κ2) is 7.54. The number of rotatable bonds is 6. The molecule has 1 aromatic heterocycles. The summed E-state index contributed by atoms with van der Waals surface area (Å²) >= 11 is 0. The molecule has 9 nitrogen and oxygen atoms in total. The minimum Gasteiger partial charge on any atom is -0.326 e. The quantitative estimate of drug-likeness (QED) is 0.472. The van der Waals surface area contributed by atoms with E-state index in [4.69, 9.17) is 0 Å². The Hall–Kier alpha value is -3.24. The zero-order valence-corrected chi connectivity index (χ0v) is 16.9. The predicted molar refractivity (Wildman–Crippen MR) is 112 cm³/mol. The van der Waals surface area contributed by atoms with Crippen molar-refractivity contribution in [2.45, 2.75) is 30.7 Å². The molecule has 1 amide bonds. The number of sulfonamides is 1. The van der Waals surface area contributed by atoms with Crippen LogP contribution in [-0.4, -0.2) is 24.3 Å². The summed E-state index contributed by atoms with van der Waals surface area (Å²) < 4.78 is 28.1. The first-order chi connectivity index (χ1) is 14.2. The van der Waals surface area contributed by atoms with Gasteiger partial charge >= 0.3 is 5.69 Å². The molecule has 0 bridgehead atoms. The van der Waals surface area contributed by atoms with Crippen LogP contribution in [0.25, 0.3) is 10.9 Å². The van der Waals surface area contributed by atoms with Crippen molar-refractivity contribution in [3.63, 3.8) is 0 Å². The number of aromatic amines is 2. The van der Waals surface area contributed by atoms with Crippen molar-refractivity contribution in [1.29, 1.82) is 0 Å². The van der Waals surface area contributed by atoms with E-state index in [-0.39, 0.29) is 27.6 Å². The molecule has 2 aromatic carbocycles. The van der Waals surface area contributed by atoms with E-state index >= 15 is 0 Å². The standard InChI is InChI=1S/C20H20N4O5S/c1-11(12-4-6-14(7-5-12)21-18(25)13-2-3-13)24-30(28,29)15-8-9-17-16(10-15)19(26)23-20(27)22-17/h4-11,13,24H,2-3H2,1H3,(H,21,25)(H2,22,23,26,27). The van der Waals surface area contributed by atoms with Crippen LogP contribution in [0.3, 0.4) is 0 Å². The second-order valence-electron chi connectivity index (χ2n) is 7.34. The zero-order chi connectivity index (χ0) is 21.5. The fraction of sp³-hybridized carbons (Fsp3) is 0.250. The average Bonchev–Trinajstić information content (AvgIpc) is 3.53. The Morgan fingerprint density at radius 3 is 2.43 bits per heavy atom. The van der Waals surface area contributed by atoms with Crippen molar-refractivity contribution in [3.05, 3.63) is 68.9 Å². The summed E-state index contributed by atoms with van der Waals surface area (Å²) in [5, 5.41) is 2.91. The van der Waals surface area contributed by atoms with Crippen molar-refractivity contribution in [1.82, 2.24) is 14.7 Å². The molecule has 1 heterocycles. The van der Waals surface area contributed by atoms with E-state index in [1.807, 2.05) is 0 Å². The third-order valence-electron chi connectivity index (χ3n) is 4.98. The van der Waals surface area contributed by atoms with Crippen molar-refractivity contribution >= 4 is 32.5 Å². The summed E-state index contributed by atoms with van der Waals surface area (Å²) in [6.07, 6.45) is 1.83. The van der Waals surface area contributed by atoms with Gasteiger partial charge < -0.3 is 10.3 Å². The molecule has 1 atom stereocenters. The number of amides is 1. The first-order valence-electron chi connectivity index (χ1n) is 9.42. The maximum atomic E-state index is 12.8. The molecule has 1 saturated carbocycles. The highest BCUT2D eigenvalue weighted by molar-refractivity contribution is 7.89. The van der Waals surface area contributed by atoms with Gasteiger partial charge in [-0.3, -0.25) is 14.6 Å². The highest BCUT2D eigenvalue weighted by Gasteiger charge is 2.29. The number of aromatic nitrogens is 2. The fourth-order valence-corrected chi connectivity index (χ4v) is 4.38. The molecule has 0 aliphatic heterocycles. The molecule has 1 unspecified atom stereocenters. The van der Waals surface area contributed by atoms with E-state index in [9.17, 15) is 22.8 Å². The van der Waals surface area contributed by atoms with Crippen LogP contribution in [0.4, 0.5) is 5.69 Å². The number of anilines is 1. The lowest BCUT2D eigenvalue weighted by molar-refractivity contribution is -0.117. The van der Waals surface area contributed by atoms with Crippen LogP contribution in [-0.2, 0) is 14.8 Å². The minimum atomic E-state index is -3.92.